The molecule has 0 saturated heterocycles. The number of benzene rings is 1. The summed E-state index contributed by atoms with van der Waals surface area (Å²) in [6.45, 7) is 7.24. The van der Waals surface area contributed by atoms with Crippen LogP contribution in [0.25, 0.3) is 16.1 Å². The summed E-state index contributed by atoms with van der Waals surface area (Å²) in [4.78, 5) is 8.24. The number of nitrogens with zero attached hydrogens (tertiary/aromatic N) is 3. The molecule has 2 heterocycles. The van der Waals surface area contributed by atoms with E-state index >= 15 is 0 Å². The van der Waals surface area contributed by atoms with Crippen molar-refractivity contribution in [1.29, 1.82) is 0 Å². The molecule has 3 nitrogen and oxygen atoms in total. The van der Waals surface area contributed by atoms with Crippen molar-refractivity contribution in [3.8, 4) is 11.3 Å². The van der Waals surface area contributed by atoms with E-state index in [1.165, 1.54) is 24.8 Å². The molecule has 1 aromatic carbocycles. The van der Waals surface area contributed by atoms with E-state index in [9.17, 15) is 0 Å². The van der Waals surface area contributed by atoms with Gasteiger partial charge in [-0.1, -0.05) is 30.9 Å². The fraction of sp³-hybridized carbons (Fsp3) is 0.368. The minimum atomic E-state index is -0.0211. The zero-order valence-corrected chi connectivity index (χ0v) is 14.0. The second-order valence-electron chi connectivity index (χ2n) is 6.54. The number of hydrogen-bond donors (Lipinski definition) is 0. The highest BCUT2D eigenvalue weighted by molar-refractivity contribution is 7.77. The third-order valence-corrected chi connectivity index (χ3v) is 5.84. The maximum absolute atomic E-state index is 7.24. The van der Waals surface area contributed by atoms with Crippen LogP contribution in [0.5, 0.6) is 0 Å². The molecular weight excluding hydrogens is 302 g/mol. The lowest BCUT2D eigenvalue weighted by Gasteiger charge is -2.39. The van der Waals surface area contributed by atoms with Gasteiger partial charge >= 0.3 is 0 Å². The highest BCUT2D eigenvalue weighted by atomic mass is 32.1. The largest absolute Gasteiger partial charge is 0.764 e. The van der Waals surface area contributed by atoms with Crippen LogP contribution in [0.3, 0.4) is 0 Å². The summed E-state index contributed by atoms with van der Waals surface area (Å²) >= 11 is 5.65. The fourth-order valence-corrected chi connectivity index (χ4v) is 4.46. The van der Waals surface area contributed by atoms with Crippen LogP contribution in [-0.2, 0) is 25.1 Å². The van der Waals surface area contributed by atoms with Crippen molar-refractivity contribution < 1.29 is 0 Å². The smallest absolute Gasteiger partial charge is 0.230 e. The normalized spacial score (nSPS) is 18.5. The summed E-state index contributed by atoms with van der Waals surface area (Å²) in [5.74, 6) is 0.660. The molecule has 0 atom stereocenters. The van der Waals surface area contributed by atoms with E-state index in [2.05, 4.69) is 28.0 Å². The Balaban J connectivity index is 1.83. The average Bonchev–Trinajstić information content (AvgIpc) is 3.07. The van der Waals surface area contributed by atoms with Gasteiger partial charge in [-0.2, -0.15) is 0 Å². The van der Waals surface area contributed by atoms with E-state index in [0.29, 0.717) is 5.82 Å². The number of fused-ring (bicyclic) bond motifs is 2. The van der Waals surface area contributed by atoms with Gasteiger partial charge in [0, 0.05) is 11.0 Å². The van der Waals surface area contributed by atoms with Crippen molar-refractivity contribution in [2.75, 3.05) is 0 Å². The van der Waals surface area contributed by atoms with E-state index in [1.54, 1.807) is 0 Å². The van der Waals surface area contributed by atoms with Crippen molar-refractivity contribution in [3.05, 3.63) is 47.3 Å². The lowest BCUT2D eigenvalue weighted by molar-refractivity contribution is 0.390. The molecule has 2 aliphatic rings. The minimum absolute atomic E-state index is 0.0211. The van der Waals surface area contributed by atoms with Gasteiger partial charge in [-0.3, -0.25) is 9.56 Å². The van der Waals surface area contributed by atoms with Gasteiger partial charge < -0.3 is 17.5 Å². The molecule has 1 aromatic heterocycles. The van der Waals surface area contributed by atoms with Crippen molar-refractivity contribution in [2.24, 2.45) is 12.0 Å². The molecule has 1 fully saturated rings. The molecule has 23 heavy (non-hydrogen) atoms. The summed E-state index contributed by atoms with van der Waals surface area (Å²) in [5, 5.41) is 0.873. The van der Waals surface area contributed by atoms with Gasteiger partial charge in [-0.25, -0.2) is 0 Å². The van der Waals surface area contributed by atoms with Gasteiger partial charge in [0.15, 0.2) is 0 Å². The van der Waals surface area contributed by atoms with E-state index < -0.39 is 0 Å². The predicted molar refractivity (Wildman–Crippen MR) is 96.3 cm³/mol. The zero-order chi connectivity index (χ0) is 16.0. The highest BCUT2D eigenvalue weighted by Gasteiger charge is 2.38. The Bertz CT molecular complexity index is 848. The Morgan fingerprint density at radius 2 is 1.96 bits per heavy atom. The number of aliphatic imine (C=N–C) groups is 1. The number of hydrogen-bond acceptors (Lipinski definition) is 2. The van der Waals surface area contributed by atoms with Gasteiger partial charge in [0.1, 0.15) is 5.69 Å². The number of rotatable bonds is 1. The molecule has 1 saturated carbocycles. The first-order valence-electron chi connectivity index (χ1n) is 8.10. The lowest BCUT2D eigenvalue weighted by atomic mass is 9.70. The summed E-state index contributed by atoms with van der Waals surface area (Å²) in [6, 6.07) is 10.3. The fourth-order valence-electron chi connectivity index (χ4n) is 4.05. The molecule has 0 bridgehead atoms. The molecule has 4 heteroatoms. The van der Waals surface area contributed by atoms with E-state index in [4.69, 9.17) is 19.2 Å². The van der Waals surface area contributed by atoms with Crippen LogP contribution >= 0.6 is 0 Å². The molecule has 4 rings (SSSR count). The SMILES string of the molecule is [C-]#[N+]c1ccc(-c2ccc3c(c2)C2(CCCCC2)C([S-])=N3)n1C. The van der Waals surface area contributed by atoms with Crippen molar-refractivity contribution in [2.45, 2.75) is 37.5 Å². The molecule has 0 N–H and O–H groups in total. The zero-order valence-electron chi connectivity index (χ0n) is 13.2. The summed E-state index contributed by atoms with van der Waals surface area (Å²) in [5.41, 5.74) is 4.53. The Hall–Kier alpha value is -2.12. The van der Waals surface area contributed by atoms with Crippen LogP contribution in [-0.4, -0.2) is 9.61 Å². The molecule has 0 unspecified atom stereocenters. The first kappa shape index (κ1) is 14.5. The maximum atomic E-state index is 7.24. The quantitative estimate of drug-likeness (QED) is 0.533. The minimum Gasteiger partial charge on any atom is -0.764 e. The van der Waals surface area contributed by atoms with E-state index in [0.717, 1.165) is 34.8 Å². The van der Waals surface area contributed by atoms with Crippen molar-refractivity contribution in [3.63, 3.8) is 0 Å². The van der Waals surface area contributed by atoms with E-state index in [-0.39, 0.29) is 5.41 Å². The van der Waals surface area contributed by atoms with Gasteiger partial charge in [-0.15, -0.1) is 0 Å². The predicted octanol–water partition coefficient (Wildman–Crippen LogP) is 5.04. The molecule has 2 aromatic rings. The molecule has 1 spiro atoms. The molecule has 0 amide bonds. The molecule has 116 valence electrons. The Labute approximate surface area is 142 Å². The maximum Gasteiger partial charge on any atom is 0.230 e. The standard InChI is InChI=1S/C19H19N3S/c1-20-17-9-8-16(22(17)2)13-6-7-15-14(12-13)19(18(23)21-15)10-4-3-5-11-19/h6-9,12H,3-5,10-11H2,2H3,(H,21,23)/p-1. The number of aromatic nitrogens is 1. The van der Waals surface area contributed by atoms with Gasteiger partial charge in [0.2, 0.25) is 5.82 Å². The summed E-state index contributed by atoms with van der Waals surface area (Å²) < 4.78 is 1.95. The second kappa shape index (κ2) is 5.21. The first-order valence-corrected chi connectivity index (χ1v) is 8.51. The van der Waals surface area contributed by atoms with Gasteiger partial charge in [0.25, 0.3) is 0 Å². The van der Waals surface area contributed by atoms with Crippen molar-refractivity contribution >= 4 is 29.2 Å². The topological polar surface area (TPSA) is 21.6 Å². The van der Waals surface area contributed by atoms with Crippen LogP contribution in [0.4, 0.5) is 11.5 Å². The molecule has 1 aliphatic heterocycles. The summed E-state index contributed by atoms with van der Waals surface area (Å²) in [6.07, 6.45) is 5.99. The van der Waals surface area contributed by atoms with Crippen LogP contribution in [0.1, 0.15) is 37.7 Å². The monoisotopic (exact) mass is 320 g/mol. The van der Waals surface area contributed by atoms with Crippen LogP contribution in [0, 0.1) is 6.57 Å². The van der Waals surface area contributed by atoms with Crippen LogP contribution in [0.15, 0.2) is 35.3 Å². The van der Waals surface area contributed by atoms with Crippen LogP contribution < -0.4 is 0 Å². The molecule has 1 aliphatic carbocycles. The van der Waals surface area contributed by atoms with Crippen LogP contribution in [0.2, 0.25) is 0 Å². The third kappa shape index (κ3) is 2.04. The van der Waals surface area contributed by atoms with Gasteiger partial charge in [0.05, 0.1) is 12.7 Å². The molecular formula is C19H18N3S-. The average molecular weight is 320 g/mol. The summed E-state index contributed by atoms with van der Waals surface area (Å²) in [7, 11) is 1.95. The Morgan fingerprint density at radius 3 is 2.65 bits per heavy atom. The van der Waals surface area contributed by atoms with Crippen molar-refractivity contribution in [1.82, 2.24) is 4.57 Å². The first-order chi connectivity index (χ1) is 11.2. The van der Waals surface area contributed by atoms with E-state index in [1.807, 2.05) is 23.7 Å². The second-order valence-corrected chi connectivity index (χ2v) is 6.93. The molecule has 0 radical (unpaired) electrons. The highest BCUT2D eigenvalue weighted by Crippen LogP contribution is 2.49. The lowest BCUT2D eigenvalue weighted by Crippen LogP contribution is -2.34. The van der Waals surface area contributed by atoms with Gasteiger partial charge in [-0.05, 0) is 48.7 Å². The Morgan fingerprint density at radius 1 is 1.17 bits per heavy atom. The Kier molecular flexibility index (Phi) is 3.28. The third-order valence-electron chi connectivity index (χ3n) is 5.36.